The third kappa shape index (κ3) is 2.04. The van der Waals surface area contributed by atoms with Crippen LogP contribution in [0.2, 0.25) is 0 Å². The van der Waals surface area contributed by atoms with Crippen molar-refractivity contribution in [1.82, 2.24) is 0 Å². The Balaban J connectivity index is 1.66. The lowest BCUT2D eigenvalue weighted by Gasteiger charge is -2.38. The molecule has 2 nitrogen and oxygen atoms in total. The molecule has 0 radical (unpaired) electrons. The van der Waals surface area contributed by atoms with Crippen LogP contribution < -0.4 is 4.90 Å². The van der Waals surface area contributed by atoms with Crippen molar-refractivity contribution in [2.75, 3.05) is 18.0 Å². The van der Waals surface area contributed by atoms with Gasteiger partial charge in [0.25, 0.3) is 0 Å². The van der Waals surface area contributed by atoms with Crippen LogP contribution in [0.25, 0.3) is 0 Å². The van der Waals surface area contributed by atoms with Crippen LogP contribution in [0.3, 0.4) is 0 Å². The van der Waals surface area contributed by atoms with Gasteiger partial charge in [-0.3, -0.25) is 4.58 Å². The quantitative estimate of drug-likeness (QED) is 0.715. The van der Waals surface area contributed by atoms with Crippen LogP contribution in [-0.2, 0) is 0 Å². The highest BCUT2D eigenvalue weighted by Crippen LogP contribution is 2.66. The van der Waals surface area contributed by atoms with Crippen LogP contribution in [-0.4, -0.2) is 30.0 Å². The molecular weight excluding hydrogens is 292 g/mol. The zero-order valence-corrected chi connectivity index (χ0v) is 16.3. The molecule has 0 spiro atoms. The first-order valence-corrected chi connectivity index (χ1v) is 9.69. The molecule has 3 aliphatic rings. The third-order valence-corrected chi connectivity index (χ3v) is 7.96. The molecular formula is C22H33N2+. The minimum absolute atomic E-state index is 0.474. The Labute approximate surface area is 147 Å². The highest BCUT2D eigenvalue weighted by molar-refractivity contribution is 5.81. The van der Waals surface area contributed by atoms with Crippen molar-refractivity contribution in [2.24, 2.45) is 16.7 Å². The van der Waals surface area contributed by atoms with Gasteiger partial charge in [0.1, 0.15) is 24.8 Å². The van der Waals surface area contributed by atoms with E-state index in [1.54, 1.807) is 0 Å². The maximum Gasteiger partial charge on any atom is 0.239 e. The molecule has 2 fully saturated rings. The van der Waals surface area contributed by atoms with Gasteiger partial charge in [0.2, 0.25) is 6.34 Å². The minimum Gasteiger partial charge on any atom is -0.261 e. The molecule has 0 amide bonds. The summed E-state index contributed by atoms with van der Waals surface area (Å²) >= 11 is 0. The maximum absolute atomic E-state index is 2.68. The lowest BCUT2D eigenvalue weighted by atomic mass is 9.69. The Morgan fingerprint density at radius 2 is 1.75 bits per heavy atom. The van der Waals surface area contributed by atoms with Crippen molar-refractivity contribution in [2.45, 2.75) is 66.8 Å². The summed E-state index contributed by atoms with van der Waals surface area (Å²) < 4.78 is 2.68. The van der Waals surface area contributed by atoms with Gasteiger partial charge in [0.05, 0.1) is 0 Å². The summed E-state index contributed by atoms with van der Waals surface area (Å²) in [5, 5.41) is 0. The molecule has 1 aromatic rings. The zero-order valence-electron chi connectivity index (χ0n) is 16.3. The van der Waals surface area contributed by atoms with Crippen LogP contribution in [0, 0.1) is 37.5 Å². The largest absolute Gasteiger partial charge is 0.261 e. The van der Waals surface area contributed by atoms with Gasteiger partial charge in [0.15, 0.2) is 0 Å². The van der Waals surface area contributed by atoms with Crippen molar-refractivity contribution in [1.29, 1.82) is 0 Å². The number of hydrogen-bond acceptors (Lipinski definition) is 1. The average molecular weight is 326 g/mol. The normalized spacial score (nSPS) is 34.1. The SMILES string of the molecule is Cc1cc(C)c(N2C=[N+]([C@@H]3C[C@@H]4CC[C@@]3(C)C4(C)C)CC2)c(C)c1. The molecule has 0 aromatic heterocycles. The summed E-state index contributed by atoms with van der Waals surface area (Å²) in [6.45, 7) is 16.6. The second-order valence-electron chi connectivity index (χ2n) is 9.42. The summed E-state index contributed by atoms with van der Waals surface area (Å²) in [6.07, 6.45) is 6.67. The van der Waals surface area contributed by atoms with Gasteiger partial charge in [-0.05, 0) is 62.5 Å². The maximum atomic E-state index is 2.68. The van der Waals surface area contributed by atoms with Gasteiger partial charge < -0.3 is 0 Å². The number of fused-ring (bicyclic) bond motifs is 2. The molecule has 1 aliphatic heterocycles. The number of anilines is 1. The molecule has 0 unspecified atom stereocenters. The van der Waals surface area contributed by atoms with E-state index in [0.717, 1.165) is 18.5 Å². The van der Waals surface area contributed by atoms with Crippen molar-refractivity contribution in [3.05, 3.63) is 28.8 Å². The van der Waals surface area contributed by atoms with E-state index in [4.69, 9.17) is 0 Å². The molecule has 2 saturated carbocycles. The monoisotopic (exact) mass is 325 g/mol. The lowest BCUT2D eigenvalue weighted by molar-refractivity contribution is -0.570. The second kappa shape index (κ2) is 5.09. The Morgan fingerprint density at radius 3 is 2.29 bits per heavy atom. The predicted octanol–water partition coefficient (Wildman–Crippen LogP) is 4.69. The van der Waals surface area contributed by atoms with Crippen molar-refractivity contribution in [3.63, 3.8) is 0 Å². The molecule has 0 N–H and O–H groups in total. The van der Waals surface area contributed by atoms with Crippen LogP contribution in [0.1, 0.15) is 56.7 Å². The van der Waals surface area contributed by atoms with Crippen LogP contribution >= 0.6 is 0 Å². The topological polar surface area (TPSA) is 6.25 Å². The second-order valence-corrected chi connectivity index (χ2v) is 9.42. The van der Waals surface area contributed by atoms with E-state index in [0.29, 0.717) is 10.8 Å². The molecule has 130 valence electrons. The van der Waals surface area contributed by atoms with E-state index >= 15 is 0 Å². The summed E-state index contributed by atoms with van der Waals surface area (Å²) in [5.74, 6) is 0.915. The predicted molar refractivity (Wildman–Crippen MR) is 102 cm³/mol. The summed E-state index contributed by atoms with van der Waals surface area (Å²) in [6, 6.07) is 5.36. The molecule has 2 heteroatoms. The van der Waals surface area contributed by atoms with E-state index in [-0.39, 0.29) is 0 Å². The van der Waals surface area contributed by atoms with E-state index in [1.165, 1.54) is 48.2 Å². The first kappa shape index (κ1) is 16.2. The van der Waals surface area contributed by atoms with Gasteiger partial charge in [-0.15, -0.1) is 0 Å². The highest BCUT2D eigenvalue weighted by Gasteiger charge is 2.64. The standard InChI is InChI=1S/C22H33N2/c1-15-11-16(2)20(17(3)12-15)24-10-9-23(14-24)19-13-18-7-8-22(19,6)21(18,4)5/h11-12,14,18-19H,7-10,13H2,1-6H3/q+1/t18-,19+,22+/m0/s1. The number of aryl methyl sites for hydroxylation is 3. The van der Waals surface area contributed by atoms with Gasteiger partial charge in [-0.1, -0.05) is 38.5 Å². The fourth-order valence-corrected chi connectivity index (χ4v) is 6.21. The van der Waals surface area contributed by atoms with E-state index in [1.807, 2.05) is 0 Å². The smallest absolute Gasteiger partial charge is 0.239 e. The van der Waals surface area contributed by atoms with Crippen molar-refractivity contribution in [3.8, 4) is 0 Å². The van der Waals surface area contributed by atoms with Crippen molar-refractivity contribution < 1.29 is 4.58 Å². The fraction of sp³-hybridized carbons (Fsp3) is 0.682. The molecule has 1 aromatic carbocycles. The number of hydrogen-bond donors (Lipinski definition) is 0. The van der Waals surface area contributed by atoms with Crippen LogP contribution in [0.4, 0.5) is 5.69 Å². The molecule has 1 heterocycles. The Hall–Kier alpha value is -1.31. The minimum atomic E-state index is 0.474. The van der Waals surface area contributed by atoms with Crippen LogP contribution in [0.15, 0.2) is 12.1 Å². The molecule has 2 bridgehead atoms. The Bertz CT molecular complexity index is 692. The Kier molecular flexibility index (Phi) is 3.43. The highest BCUT2D eigenvalue weighted by atomic mass is 15.3. The van der Waals surface area contributed by atoms with Gasteiger partial charge in [-0.2, -0.15) is 0 Å². The molecule has 2 aliphatic carbocycles. The molecule has 24 heavy (non-hydrogen) atoms. The molecule has 3 atom stereocenters. The zero-order chi connectivity index (χ0) is 17.3. The number of nitrogens with zero attached hydrogens (tertiary/aromatic N) is 2. The Morgan fingerprint density at radius 1 is 1.08 bits per heavy atom. The first-order valence-electron chi connectivity index (χ1n) is 9.69. The first-order chi connectivity index (χ1) is 11.2. The average Bonchev–Trinajstić information content (AvgIpc) is 3.08. The van der Waals surface area contributed by atoms with Crippen molar-refractivity contribution >= 4 is 12.0 Å². The summed E-state index contributed by atoms with van der Waals surface area (Å²) in [4.78, 5) is 2.51. The molecule has 0 saturated heterocycles. The summed E-state index contributed by atoms with van der Waals surface area (Å²) in [5.41, 5.74) is 6.58. The van der Waals surface area contributed by atoms with Gasteiger partial charge >= 0.3 is 0 Å². The van der Waals surface area contributed by atoms with Crippen LogP contribution in [0.5, 0.6) is 0 Å². The van der Waals surface area contributed by atoms with E-state index < -0.39 is 0 Å². The molecule has 4 rings (SSSR count). The lowest BCUT2D eigenvalue weighted by Crippen LogP contribution is -2.42. The van der Waals surface area contributed by atoms with Gasteiger partial charge in [-0.25, -0.2) is 4.90 Å². The van der Waals surface area contributed by atoms with E-state index in [2.05, 4.69) is 69.5 Å². The third-order valence-electron chi connectivity index (χ3n) is 7.96. The van der Waals surface area contributed by atoms with E-state index in [9.17, 15) is 0 Å². The van der Waals surface area contributed by atoms with Gasteiger partial charge in [0, 0.05) is 5.41 Å². The number of rotatable bonds is 2. The number of benzene rings is 1. The fourth-order valence-electron chi connectivity index (χ4n) is 6.21. The summed E-state index contributed by atoms with van der Waals surface area (Å²) in [7, 11) is 0.